The number of benzene rings is 2. The van der Waals surface area contributed by atoms with Crippen molar-refractivity contribution in [3.05, 3.63) is 81.9 Å². The van der Waals surface area contributed by atoms with Crippen LogP contribution >= 0.6 is 23.2 Å². The van der Waals surface area contributed by atoms with Crippen molar-refractivity contribution in [1.82, 2.24) is 0 Å². The molecule has 0 aromatic heterocycles. The maximum Gasteiger partial charge on any atom is 0.0923 e. The van der Waals surface area contributed by atoms with E-state index in [1.165, 1.54) is 44.5 Å². The molecule has 2 aromatic rings. The predicted molar refractivity (Wildman–Crippen MR) is 122 cm³/mol. The molecule has 0 aliphatic heterocycles. The normalized spacial score (nSPS) is 26.1. The molecule has 2 aliphatic carbocycles. The summed E-state index contributed by atoms with van der Waals surface area (Å²) in [6.45, 7) is 8.89. The van der Waals surface area contributed by atoms with E-state index < -0.39 is 18.5 Å². The minimum Gasteiger partial charge on any atom is -0.114 e. The Morgan fingerprint density at radius 1 is 0.714 bits per heavy atom. The van der Waals surface area contributed by atoms with Gasteiger partial charge in [-0.2, -0.15) is 0 Å². The zero-order valence-electron chi connectivity index (χ0n) is 17.0. The van der Waals surface area contributed by atoms with E-state index in [0.29, 0.717) is 0 Å². The monoisotopic (exact) mass is 592 g/mol. The maximum absolute atomic E-state index is 7.51. The third-order valence-electron chi connectivity index (χ3n) is 6.65. The van der Waals surface area contributed by atoms with Gasteiger partial charge in [-0.25, -0.2) is 0 Å². The summed E-state index contributed by atoms with van der Waals surface area (Å²) in [6.07, 6.45) is 2.01. The van der Waals surface area contributed by atoms with Crippen molar-refractivity contribution in [3.8, 4) is 0 Å². The van der Waals surface area contributed by atoms with E-state index in [4.69, 9.17) is 23.2 Å². The van der Waals surface area contributed by atoms with Crippen LogP contribution in [0.25, 0.3) is 11.1 Å². The van der Waals surface area contributed by atoms with E-state index in [1.807, 2.05) is 0 Å². The van der Waals surface area contributed by atoms with Crippen LogP contribution in [-0.4, -0.2) is 9.52 Å². The van der Waals surface area contributed by atoms with Gasteiger partial charge in [0.15, 0.2) is 0 Å². The molecular weight excluding hydrogens is 566 g/mol. The molecule has 0 amide bonds. The molecule has 0 radical (unpaired) electrons. The van der Waals surface area contributed by atoms with Gasteiger partial charge in [-0.15, -0.1) is 23.2 Å². The summed E-state index contributed by atoms with van der Waals surface area (Å²) in [6, 6.07) is 17.3. The van der Waals surface area contributed by atoms with E-state index in [0.717, 1.165) is 12.8 Å². The molecule has 0 spiro atoms. The predicted octanol–water partition coefficient (Wildman–Crippen LogP) is 6.73. The smallest absolute Gasteiger partial charge is 0.0923 e. The number of rotatable bonds is 4. The maximum atomic E-state index is 7.51. The molecule has 0 saturated carbocycles. The van der Waals surface area contributed by atoms with Crippen molar-refractivity contribution in [2.45, 2.75) is 49.5 Å². The van der Waals surface area contributed by atoms with Gasteiger partial charge in [0.05, 0.1) is 18.5 Å². The Morgan fingerprint density at radius 2 is 1.07 bits per heavy atom. The molecular formula is C24H26Cl2HfSi. The van der Waals surface area contributed by atoms with Gasteiger partial charge >= 0.3 is 0 Å². The quantitative estimate of drug-likeness (QED) is 0.273. The van der Waals surface area contributed by atoms with Gasteiger partial charge in [-0.1, -0.05) is 62.4 Å². The van der Waals surface area contributed by atoms with Crippen LogP contribution in [0.3, 0.4) is 0 Å². The van der Waals surface area contributed by atoms with Crippen LogP contribution in [0, 0.1) is 0 Å². The van der Waals surface area contributed by atoms with Gasteiger partial charge in [0.25, 0.3) is 0 Å². The molecule has 28 heavy (non-hydrogen) atoms. The van der Waals surface area contributed by atoms with Gasteiger partial charge in [-0.3, -0.25) is 0 Å². The Hall–Kier alpha value is -0.413. The largest absolute Gasteiger partial charge is 0.114 e. The van der Waals surface area contributed by atoms with Gasteiger partial charge < -0.3 is 0 Å². The van der Waals surface area contributed by atoms with Crippen molar-refractivity contribution in [2.24, 2.45) is 0 Å². The van der Waals surface area contributed by atoms with Crippen LogP contribution in [0.2, 0.25) is 0 Å². The Bertz CT molecular complexity index is 914. The number of alkyl halides is 2. The summed E-state index contributed by atoms with van der Waals surface area (Å²) < 4.78 is -0.859. The molecule has 144 valence electrons. The zero-order valence-corrected chi connectivity index (χ0v) is 23.5. The van der Waals surface area contributed by atoms with E-state index >= 15 is 0 Å². The van der Waals surface area contributed by atoms with Crippen molar-refractivity contribution >= 4 is 43.9 Å². The summed E-state index contributed by atoms with van der Waals surface area (Å²) in [5, 5.41) is 0. The van der Waals surface area contributed by atoms with Crippen LogP contribution in [0.4, 0.5) is 0 Å². The first-order valence-corrected chi connectivity index (χ1v) is 12.0. The molecule has 2 aliphatic rings. The minimum atomic E-state index is -1.01. The SMILES string of the molecule is CCC1=C(C)C(Cl)([SiH2]C2(Cl)C(C)=C(CC)c3ccccc32)c2ccccc21.[Hf]. The number of allylic oxidation sites excluding steroid dienone is 4. The fourth-order valence-corrected chi connectivity index (χ4v) is 9.76. The second-order valence-electron chi connectivity index (χ2n) is 7.78. The molecule has 2 unspecified atom stereocenters. The first kappa shape index (κ1) is 22.3. The van der Waals surface area contributed by atoms with E-state index in [2.05, 4.69) is 76.2 Å². The van der Waals surface area contributed by atoms with Crippen molar-refractivity contribution in [2.75, 3.05) is 0 Å². The molecule has 0 bridgehead atoms. The second kappa shape index (κ2) is 8.02. The van der Waals surface area contributed by atoms with Gasteiger partial charge in [0.1, 0.15) is 0 Å². The van der Waals surface area contributed by atoms with Crippen molar-refractivity contribution < 1.29 is 25.8 Å². The van der Waals surface area contributed by atoms with Crippen LogP contribution in [-0.2, 0) is 34.8 Å². The average molecular weight is 592 g/mol. The summed E-state index contributed by atoms with van der Waals surface area (Å²) in [4.78, 5) is 0. The molecule has 4 heteroatoms. The third-order valence-corrected chi connectivity index (χ3v) is 11.2. The van der Waals surface area contributed by atoms with Gasteiger partial charge in [0, 0.05) is 25.8 Å². The standard InChI is InChI=1S/C24H26Cl2Si.Hf/c1-5-17-15(3)23(25,21-13-9-7-11-19(17)21)27-24(26)16(4)18(6-2)20-12-8-10-14-22(20)24;/h7-14H,5-6,27H2,1-4H3;. The molecule has 0 heterocycles. The summed E-state index contributed by atoms with van der Waals surface area (Å²) in [5.41, 5.74) is 10.6. The van der Waals surface area contributed by atoms with E-state index in [-0.39, 0.29) is 25.8 Å². The van der Waals surface area contributed by atoms with Crippen molar-refractivity contribution in [3.63, 3.8) is 0 Å². The molecule has 0 N–H and O–H groups in total. The molecule has 4 rings (SSSR count). The molecule has 2 atom stereocenters. The zero-order chi connectivity index (χ0) is 19.4. The van der Waals surface area contributed by atoms with Crippen molar-refractivity contribution in [1.29, 1.82) is 0 Å². The van der Waals surface area contributed by atoms with Gasteiger partial charge in [-0.05, 0) is 71.2 Å². The Morgan fingerprint density at radius 3 is 1.43 bits per heavy atom. The number of halogens is 2. The number of hydrogen-bond donors (Lipinski definition) is 0. The van der Waals surface area contributed by atoms with E-state index in [1.54, 1.807) is 0 Å². The molecule has 0 fully saturated rings. The summed E-state index contributed by atoms with van der Waals surface area (Å²) in [7, 11) is -1.01. The van der Waals surface area contributed by atoms with Crippen LogP contribution < -0.4 is 0 Å². The molecule has 0 nitrogen and oxygen atoms in total. The fourth-order valence-electron chi connectivity index (χ4n) is 5.17. The number of fused-ring (bicyclic) bond motifs is 2. The average Bonchev–Trinajstić information content (AvgIpc) is 3.02. The van der Waals surface area contributed by atoms with E-state index in [9.17, 15) is 0 Å². The first-order chi connectivity index (χ1) is 12.9. The second-order valence-corrected chi connectivity index (χ2v) is 12.4. The number of hydrogen-bond acceptors (Lipinski definition) is 0. The fraction of sp³-hybridized carbons (Fsp3) is 0.333. The summed E-state index contributed by atoms with van der Waals surface area (Å²) in [5.74, 6) is 0. The first-order valence-electron chi connectivity index (χ1n) is 9.86. The Kier molecular flexibility index (Phi) is 6.38. The van der Waals surface area contributed by atoms with Crippen LogP contribution in [0.15, 0.2) is 59.7 Å². The topological polar surface area (TPSA) is 0 Å². The third kappa shape index (κ3) is 3.02. The minimum absolute atomic E-state index is 0. The Balaban J connectivity index is 0.00000225. The molecule has 0 saturated heterocycles. The molecule has 2 aromatic carbocycles. The van der Waals surface area contributed by atoms with Gasteiger partial charge in [0.2, 0.25) is 0 Å². The summed E-state index contributed by atoms with van der Waals surface area (Å²) >= 11 is 15.0. The van der Waals surface area contributed by atoms with Crippen LogP contribution in [0.1, 0.15) is 62.8 Å². The van der Waals surface area contributed by atoms with Crippen LogP contribution in [0.5, 0.6) is 0 Å². The Labute approximate surface area is 200 Å².